The van der Waals surface area contributed by atoms with Gasteiger partial charge in [-0.05, 0) is 134 Å². The fraction of sp³-hybridized carbons (Fsp3) is 0.171. The Hall–Kier alpha value is -8.74. The van der Waals surface area contributed by atoms with Gasteiger partial charge in [0.15, 0.2) is 11.6 Å². The van der Waals surface area contributed by atoms with Crippen molar-refractivity contribution in [2.45, 2.75) is 65.5 Å². The summed E-state index contributed by atoms with van der Waals surface area (Å²) in [5.41, 5.74) is 16.7. The van der Waals surface area contributed by atoms with E-state index >= 15 is 0 Å². The number of carbonyl (C=O) groups is 2. The van der Waals surface area contributed by atoms with Crippen LogP contribution in [-0.2, 0) is 6.42 Å². The van der Waals surface area contributed by atoms with Crippen LogP contribution in [0.25, 0.3) is 61.5 Å². The quantitative estimate of drug-likeness (QED) is 0.0872. The summed E-state index contributed by atoms with van der Waals surface area (Å²) in [5, 5.41) is 8.81. The molecule has 0 saturated carbocycles. The lowest BCUT2D eigenvalue weighted by atomic mass is 9.79. The molecule has 3 unspecified atom stereocenters. The van der Waals surface area contributed by atoms with Crippen molar-refractivity contribution in [3.05, 3.63) is 263 Å². The van der Waals surface area contributed by atoms with Crippen LogP contribution in [0.5, 0.6) is 0 Å². The standard InChI is InChI=1S/C70H62N4O2/c1-7-21-61-47(6)52-22-10-16-29-62(52)72(61)50-38-39-67-59(42-50)55-25-13-19-32-65(55)74(67)66-33-20-14-27-57(66)70(76)49-36-34-48(35-37-49)69(75)56-26-9-15-28-60(56)71-68-46(5)41-51(43-58(68)45(4)40-44(3)8-2)73-63-30-17-11-23-53(63)54-24-12-18-31-64(54)73/h7-39,44,46,50-51,71H,2,4,40-43H2,1,3,5-6H3/b21-7-/t44?,46?,50-,51?/m0/s1. The number of hydrogen-bond donors (Lipinski definition) is 1. The van der Waals surface area contributed by atoms with Gasteiger partial charge >= 0.3 is 0 Å². The maximum atomic E-state index is 14.8. The van der Waals surface area contributed by atoms with Gasteiger partial charge in [-0.15, -0.1) is 6.58 Å². The summed E-state index contributed by atoms with van der Waals surface area (Å²) < 4.78 is 7.28. The van der Waals surface area contributed by atoms with Crippen molar-refractivity contribution in [2.75, 3.05) is 5.32 Å². The molecule has 2 aliphatic rings. The normalized spacial score (nSPS) is 17.0. The number of para-hydroxylation sites is 6. The molecule has 6 nitrogen and oxygen atoms in total. The lowest BCUT2D eigenvalue weighted by Gasteiger charge is -2.36. The van der Waals surface area contributed by atoms with Crippen LogP contribution in [0.2, 0.25) is 0 Å². The number of allylic oxidation sites excluding steroid dienone is 6. The van der Waals surface area contributed by atoms with Crippen molar-refractivity contribution in [3.63, 3.8) is 0 Å². The molecule has 0 radical (unpaired) electrons. The highest BCUT2D eigenvalue weighted by Crippen LogP contribution is 2.46. The average Bonchev–Trinajstić information content (AvgIpc) is 4.16. The van der Waals surface area contributed by atoms with Crippen LogP contribution >= 0.6 is 0 Å². The second-order valence-electron chi connectivity index (χ2n) is 21.0. The zero-order chi connectivity index (χ0) is 52.2. The first-order valence-electron chi connectivity index (χ1n) is 26.8. The van der Waals surface area contributed by atoms with E-state index in [4.69, 9.17) is 6.58 Å². The molecular weight excluding hydrogens is 929 g/mol. The zero-order valence-electron chi connectivity index (χ0n) is 43.8. The van der Waals surface area contributed by atoms with Crippen molar-refractivity contribution in [3.8, 4) is 5.69 Å². The first-order valence-corrected chi connectivity index (χ1v) is 26.8. The molecule has 0 saturated heterocycles. The van der Waals surface area contributed by atoms with Crippen molar-refractivity contribution >= 4 is 73.0 Å². The third-order valence-electron chi connectivity index (χ3n) is 16.3. The molecule has 12 rings (SSSR count). The minimum absolute atomic E-state index is 0.102. The summed E-state index contributed by atoms with van der Waals surface area (Å²) in [6.07, 6.45) is 14.2. The van der Waals surface area contributed by atoms with Gasteiger partial charge in [0.25, 0.3) is 0 Å². The Bertz CT molecular complexity index is 4020. The van der Waals surface area contributed by atoms with Gasteiger partial charge in [0.05, 0.1) is 17.2 Å². The summed E-state index contributed by atoms with van der Waals surface area (Å²) in [6.45, 7) is 17.6. The van der Waals surface area contributed by atoms with Crippen LogP contribution in [0.1, 0.15) is 106 Å². The van der Waals surface area contributed by atoms with Crippen LogP contribution in [0.15, 0.2) is 218 Å². The third kappa shape index (κ3) is 8.20. The van der Waals surface area contributed by atoms with Gasteiger partial charge in [-0.3, -0.25) is 9.59 Å². The summed E-state index contributed by atoms with van der Waals surface area (Å²) in [6, 6.07) is 57.8. The number of fused-ring (bicyclic) bond motifs is 7. The Morgan fingerprint density at radius 2 is 1.22 bits per heavy atom. The number of aromatic nitrogens is 3. The molecule has 2 aliphatic carbocycles. The SMILES string of the molecule is C=CC(C)CC(=C)C1=C(Nc2ccccc2C(=O)c2ccc(C(=O)c3ccccc3-n3c4c(c5ccccc53)C[C@@H](n3c(/C=C\C)c(C)c5ccccc53)C=C4)cc2)C(C)CC(n2c3ccccc3c3ccccc32)C1. The highest BCUT2D eigenvalue weighted by molar-refractivity contribution is 6.15. The molecule has 10 aromatic rings. The number of rotatable bonds is 14. The summed E-state index contributed by atoms with van der Waals surface area (Å²) in [4.78, 5) is 29.5. The number of nitrogens with one attached hydrogen (secondary N) is 1. The summed E-state index contributed by atoms with van der Waals surface area (Å²) in [7, 11) is 0. The Morgan fingerprint density at radius 1 is 0.671 bits per heavy atom. The number of carbonyl (C=O) groups excluding carboxylic acids is 2. The molecule has 0 spiro atoms. The second kappa shape index (κ2) is 19.8. The minimum Gasteiger partial charge on any atom is -0.358 e. The van der Waals surface area contributed by atoms with Crippen LogP contribution in [0, 0.1) is 18.8 Å². The largest absolute Gasteiger partial charge is 0.358 e. The first kappa shape index (κ1) is 48.2. The monoisotopic (exact) mass is 990 g/mol. The third-order valence-corrected chi connectivity index (χ3v) is 16.3. The van der Waals surface area contributed by atoms with Gasteiger partial charge in [-0.2, -0.15) is 0 Å². The molecule has 3 aromatic heterocycles. The van der Waals surface area contributed by atoms with E-state index in [0.717, 1.165) is 59.5 Å². The molecule has 0 aliphatic heterocycles. The zero-order valence-corrected chi connectivity index (χ0v) is 43.8. The van der Waals surface area contributed by atoms with Crippen LogP contribution in [0.4, 0.5) is 5.69 Å². The van der Waals surface area contributed by atoms with Crippen molar-refractivity contribution in [2.24, 2.45) is 11.8 Å². The summed E-state index contributed by atoms with van der Waals surface area (Å²) in [5.74, 6) is 0.162. The fourth-order valence-electron chi connectivity index (χ4n) is 12.6. The maximum absolute atomic E-state index is 14.8. The average molecular weight is 991 g/mol. The van der Waals surface area contributed by atoms with E-state index in [1.54, 1.807) is 24.3 Å². The molecule has 0 amide bonds. The Kier molecular flexibility index (Phi) is 12.6. The van der Waals surface area contributed by atoms with E-state index in [1.807, 2.05) is 54.6 Å². The molecule has 374 valence electrons. The predicted molar refractivity (Wildman–Crippen MR) is 317 cm³/mol. The van der Waals surface area contributed by atoms with E-state index in [2.05, 4.69) is 175 Å². The summed E-state index contributed by atoms with van der Waals surface area (Å²) >= 11 is 0. The number of benzene rings is 7. The van der Waals surface area contributed by atoms with Crippen molar-refractivity contribution in [1.29, 1.82) is 0 Å². The topological polar surface area (TPSA) is 61.0 Å². The van der Waals surface area contributed by atoms with Crippen LogP contribution in [0.3, 0.4) is 0 Å². The molecule has 7 aromatic carbocycles. The first-order chi connectivity index (χ1) is 37.1. The van der Waals surface area contributed by atoms with Crippen molar-refractivity contribution < 1.29 is 9.59 Å². The molecular formula is C70H62N4O2. The van der Waals surface area contributed by atoms with Crippen molar-refractivity contribution in [1.82, 2.24) is 13.7 Å². The van der Waals surface area contributed by atoms with Crippen LogP contribution < -0.4 is 5.32 Å². The van der Waals surface area contributed by atoms with Gasteiger partial charge in [-0.1, -0.05) is 160 Å². The number of nitrogens with zero attached hydrogens (tertiary/aromatic N) is 3. The van der Waals surface area contributed by atoms with Gasteiger partial charge in [0, 0.05) is 89.2 Å². The van der Waals surface area contributed by atoms with Gasteiger partial charge in [-0.25, -0.2) is 0 Å². The molecule has 4 atom stereocenters. The maximum Gasteiger partial charge on any atom is 0.195 e. The van der Waals surface area contributed by atoms with E-state index in [9.17, 15) is 9.59 Å². The number of anilines is 1. The van der Waals surface area contributed by atoms with Gasteiger partial charge in [0.2, 0.25) is 0 Å². The molecule has 1 N–H and O–H groups in total. The molecule has 0 bridgehead atoms. The molecule has 76 heavy (non-hydrogen) atoms. The highest BCUT2D eigenvalue weighted by Gasteiger charge is 2.33. The lowest BCUT2D eigenvalue weighted by Crippen LogP contribution is -2.26. The Labute approximate surface area is 445 Å². The predicted octanol–water partition coefficient (Wildman–Crippen LogP) is 17.4. The van der Waals surface area contributed by atoms with E-state index in [0.29, 0.717) is 22.3 Å². The van der Waals surface area contributed by atoms with E-state index in [1.165, 1.54) is 60.5 Å². The number of aryl methyl sites for hydroxylation is 1. The van der Waals surface area contributed by atoms with Gasteiger partial charge in [0.1, 0.15) is 0 Å². The minimum atomic E-state index is -0.119. The Morgan fingerprint density at radius 3 is 1.88 bits per heavy atom. The van der Waals surface area contributed by atoms with E-state index < -0.39 is 0 Å². The van der Waals surface area contributed by atoms with E-state index in [-0.39, 0.29) is 35.5 Å². The second-order valence-corrected chi connectivity index (χ2v) is 21.0. The number of hydrogen-bond acceptors (Lipinski definition) is 3. The highest BCUT2D eigenvalue weighted by atomic mass is 16.1. The smallest absolute Gasteiger partial charge is 0.195 e. The Balaban J connectivity index is 0.845. The molecule has 6 heteroatoms. The molecule has 3 heterocycles. The lowest BCUT2D eigenvalue weighted by molar-refractivity contribution is 0.102. The van der Waals surface area contributed by atoms with Gasteiger partial charge < -0.3 is 19.0 Å². The molecule has 0 fully saturated rings. The van der Waals surface area contributed by atoms with Crippen LogP contribution in [-0.4, -0.2) is 25.3 Å². The number of ketones is 2. The fourth-order valence-corrected chi connectivity index (χ4v) is 12.6.